The van der Waals surface area contributed by atoms with Crippen molar-refractivity contribution in [1.82, 2.24) is 5.32 Å². The van der Waals surface area contributed by atoms with Crippen LogP contribution in [0.15, 0.2) is 41.4 Å². The smallest absolute Gasteiger partial charge is 0.231 e. The van der Waals surface area contributed by atoms with Crippen LogP contribution in [-0.4, -0.2) is 23.8 Å². The number of fused-ring (bicyclic) bond motifs is 1. The molecule has 2 aromatic carbocycles. The monoisotopic (exact) mass is 344 g/mol. The second kappa shape index (κ2) is 6.00. The van der Waals surface area contributed by atoms with Gasteiger partial charge in [-0.15, -0.1) is 0 Å². The summed E-state index contributed by atoms with van der Waals surface area (Å²) < 4.78 is 10.8. The van der Waals surface area contributed by atoms with E-state index in [9.17, 15) is 5.11 Å². The molecule has 2 N–H and O–H groups in total. The van der Waals surface area contributed by atoms with Gasteiger partial charge in [-0.1, -0.05) is 11.6 Å². The van der Waals surface area contributed by atoms with E-state index in [1.807, 2.05) is 25.1 Å². The van der Waals surface area contributed by atoms with Crippen LogP contribution in [0.1, 0.15) is 30.5 Å². The molecule has 0 saturated heterocycles. The molecule has 2 aromatic rings. The van der Waals surface area contributed by atoms with Gasteiger partial charge in [0, 0.05) is 28.8 Å². The summed E-state index contributed by atoms with van der Waals surface area (Å²) >= 11 is 6.09. The van der Waals surface area contributed by atoms with Gasteiger partial charge in [-0.3, -0.25) is 10.3 Å². The Hall–Kier alpha value is -2.24. The van der Waals surface area contributed by atoms with Crippen LogP contribution in [0, 0.1) is 0 Å². The van der Waals surface area contributed by atoms with E-state index in [0.717, 1.165) is 28.3 Å². The molecule has 0 saturated carbocycles. The fourth-order valence-corrected chi connectivity index (χ4v) is 3.32. The standard InChI is InChI=1S/C18H17ClN2O3/c1-10-20-14(11-2-5-17-18(6-11)24-9-23-17)8-15(21-10)13-7-12(19)3-4-16(13)22/h2-7,10,15,21-22H,8-9H2,1H3. The highest BCUT2D eigenvalue weighted by Crippen LogP contribution is 2.36. The first-order valence-electron chi connectivity index (χ1n) is 7.81. The van der Waals surface area contributed by atoms with Crippen molar-refractivity contribution in [2.24, 2.45) is 4.99 Å². The third kappa shape index (κ3) is 2.81. The SMILES string of the molecule is CC1N=C(c2ccc3c(c2)OCO3)CC(c2cc(Cl)ccc2O)N1. The fraction of sp³-hybridized carbons (Fsp3) is 0.278. The molecule has 24 heavy (non-hydrogen) atoms. The van der Waals surface area contributed by atoms with Crippen molar-refractivity contribution in [1.29, 1.82) is 0 Å². The van der Waals surface area contributed by atoms with E-state index < -0.39 is 0 Å². The number of aliphatic imine (C=N–C) groups is 1. The maximum absolute atomic E-state index is 10.2. The van der Waals surface area contributed by atoms with E-state index in [1.165, 1.54) is 0 Å². The van der Waals surface area contributed by atoms with Gasteiger partial charge in [-0.2, -0.15) is 0 Å². The molecule has 0 aromatic heterocycles. The van der Waals surface area contributed by atoms with E-state index in [0.29, 0.717) is 11.4 Å². The van der Waals surface area contributed by atoms with Crippen LogP contribution in [-0.2, 0) is 0 Å². The molecule has 0 radical (unpaired) electrons. The highest BCUT2D eigenvalue weighted by Gasteiger charge is 2.26. The largest absolute Gasteiger partial charge is 0.508 e. The molecule has 124 valence electrons. The molecule has 2 unspecified atom stereocenters. The van der Waals surface area contributed by atoms with Gasteiger partial charge >= 0.3 is 0 Å². The second-order valence-corrected chi connectivity index (χ2v) is 6.38. The average Bonchev–Trinajstić information content (AvgIpc) is 3.04. The molecule has 4 rings (SSSR count). The fourth-order valence-electron chi connectivity index (χ4n) is 3.14. The van der Waals surface area contributed by atoms with Crippen LogP contribution in [0.4, 0.5) is 0 Å². The molecule has 2 atom stereocenters. The summed E-state index contributed by atoms with van der Waals surface area (Å²) in [6, 6.07) is 10.9. The quantitative estimate of drug-likeness (QED) is 0.873. The Bertz CT molecular complexity index is 822. The van der Waals surface area contributed by atoms with Crippen molar-refractivity contribution >= 4 is 17.3 Å². The Labute approximate surface area is 144 Å². The Morgan fingerprint density at radius 2 is 2.00 bits per heavy atom. The first kappa shape index (κ1) is 15.3. The Morgan fingerprint density at radius 1 is 1.17 bits per heavy atom. The predicted molar refractivity (Wildman–Crippen MR) is 92.2 cm³/mol. The Kier molecular flexibility index (Phi) is 3.82. The number of benzene rings is 2. The van der Waals surface area contributed by atoms with Gasteiger partial charge in [0.2, 0.25) is 6.79 Å². The van der Waals surface area contributed by atoms with Gasteiger partial charge in [0.15, 0.2) is 11.5 Å². The molecular formula is C18H17ClN2O3. The van der Waals surface area contributed by atoms with Crippen molar-refractivity contribution in [2.75, 3.05) is 6.79 Å². The van der Waals surface area contributed by atoms with Crippen molar-refractivity contribution in [3.8, 4) is 17.2 Å². The van der Waals surface area contributed by atoms with Crippen LogP contribution in [0.2, 0.25) is 5.02 Å². The highest BCUT2D eigenvalue weighted by molar-refractivity contribution is 6.30. The summed E-state index contributed by atoms with van der Waals surface area (Å²) in [5, 5.41) is 14.2. The summed E-state index contributed by atoms with van der Waals surface area (Å²) in [5.41, 5.74) is 2.74. The number of nitrogens with zero attached hydrogens (tertiary/aromatic N) is 1. The summed E-state index contributed by atoms with van der Waals surface area (Å²) in [6.45, 7) is 2.24. The van der Waals surface area contributed by atoms with Crippen LogP contribution >= 0.6 is 11.6 Å². The number of rotatable bonds is 2. The van der Waals surface area contributed by atoms with E-state index in [1.54, 1.807) is 18.2 Å². The molecule has 2 aliphatic heterocycles. The predicted octanol–water partition coefficient (Wildman–Crippen LogP) is 3.64. The number of phenolic OH excluding ortho intramolecular Hbond substituents is 1. The van der Waals surface area contributed by atoms with Crippen molar-refractivity contribution in [2.45, 2.75) is 25.6 Å². The number of phenols is 1. The number of halogens is 1. The normalized spacial score (nSPS) is 22.3. The number of hydrogen-bond donors (Lipinski definition) is 2. The average molecular weight is 345 g/mol. The van der Waals surface area contributed by atoms with Crippen LogP contribution < -0.4 is 14.8 Å². The van der Waals surface area contributed by atoms with Gasteiger partial charge in [-0.25, -0.2) is 0 Å². The maximum Gasteiger partial charge on any atom is 0.231 e. The van der Waals surface area contributed by atoms with Crippen molar-refractivity contribution < 1.29 is 14.6 Å². The van der Waals surface area contributed by atoms with E-state index >= 15 is 0 Å². The lowest BCUT2D eigenvalue weighted by Gasteiger charge is -2.29. The third-order valence-electron chi connectivity index (χ3n) is 4.26. The van der Waals surface area contributed by atoms with Crippen molar-refractivity contribution in [3.05, 3.63) is 52.5 Å². The van der Waals surface area contributed by atoms with Gasteiger partial charge in [0.05, 0.1) is 6.17 Å². The topological polar surface area (TPSA) is 63.1 Å². The summed E-state index contributed by atoms with van der Waals surface area (Å²) in [7, 11) is 0. The Balaban J connectivity index is 1.66. The van der Waals surface area contributed by atoms with E-state index in [-0.39, 0.29) is 24.8 Å². The minimum absolute atomic E-state index is 0.0587. The summed E-state index contributed by atoms with van der Waals surface area (Å²) in [5.74, 6) is 1.73. The lowest BCUT2D eigenvalue weighted by molar-refractivity contribution is 0.174. The molecule has 0 spiro atoms. The van der Waals surface area contributed by atoms with Gasteiger partial charge < -0.3 is 14.6 Å². The molecule has 0 fully saturated rings. The van der Waals surface area contributed by atoms with E-state index in [4.69, 9.17) is 26.1 Å². The van der Waals surface area contributed by atoms with E-state index in [2.05, 4.69) is 5.32 Å². The van der Waals surface area contributed by atoms with Gasteiger partial charge in [-0.05, 0) is 48.9 Å². The molecule has 0 bridgehead atoms. The molecular weight excluding hydrogens is 328 g/mol. The summed E-state index contributed by atoms with van der Waals surface area (Å²) in [6.07, 6.45) is 0.584. The van der Waals surface area contributed by atoms with Crippen LogP contribution in [0.5, 0.6) is 17.2 Å². The molecule has 2 aliphatic rings. The minimum atomic E-state index is -0.0671. The Morgan fingerprint density at radius 3 is 2.88 bits per heavy atom. The number of nitrogens with one attached hydrogen (secondary N) is 1. The van der Waals surface area contributed by atoms with Crippen molar-refractivity contribution in [3.63, 3.8) is 0 Å². The minimum Gasteiger partial charge on any atom is -0.508 e. The van der Waals surface area contributed by atoms with Gasteiger partial charge in [0.25, 0.3) is 0 Å². The molecule has 5 nitrogen and oxygen atoms in total. The first-order chi connectivity index (χ1) is 11.6. The molecule has 0 aliphatic carbocycles. The molecule has 6 heteroatoms. The third-order valence-corrected chi connectivity index (χ3v) is 4.50. The zero-order chi connectivity index (χ0) is 16.7. The zero-order valence-corrected chi connectivity index (χ0v) is 13.9. The summed E-state index contributed by atoms with van der Waals surface area (Å²) in [4.78, 5) is 4.70. The zero-order valence-electron chi connectivity index (χ0n) is 13.1. The number of aromatic hydroxyl groups is 1. The first-order valence-corrected chi connectivity index (χ1v) is 8.19. The maximum atomic E-state index is 10.2. The van der Waals surface area contributed by atoms with Crippen LogP contribution in [0.3, 0.4) is 0 Å². The lowest BCUT2D eigenvalue weighted by atomic mass is 9.94. The number of ether oxygens (including phenoxy) is 2. The second-order valence-electron chi connectivity index (χ2n) is 5.95. The number of hydrogen-bond acceptors (Lipinski definition) is 5. The molecule has 2 heterocycles. The van der Waals surface area contributed by atoms with Gasteiger partial charge in [0.1, 0.15) is 5.75 Å². The lowest BCUT2D eigenvalue weighted by Crippen LogP contribution is -2.36. The van der Waals surface area contributed by atoms with Crippen LogP contribution in [0.25, 0.3) is 0 Å². The highest BCUT2D eigenvalue weighted by atomic mass is 35.5. The molecule has 0 amide bonds.